The van der Waals surface area contributed by atoms with Crippen molar-refractivity contribution in [2.24, 2.45) is 5.92 Å². The number of benzene rings is 1. The van der Waals surface area contributed by atoms with Crippen LogP contribution in [0.1, 0.15) is 44.7 Å². The van der Waals surface area contributed by atoms with Gasteiger partial charge < -0.3 is 9.84 Å². The number of hydrogen-bond donors (Lipinski definition) is 1. The van der Waals surface area contributed by atoms with E-state index in [0.717, 1.165) is 11.1 Å². The van der Waals surface area contributed by atoms with Gasteiger partial charge in [0.25, 0.3) is 0 Å². The van der Waals surface area contributed by atoms with Gasteiger partial charge in [-0.3, -0.25) is 4.79 Å². The molecule has 1 aromatic heterocycles. The molecule has 1 amide bonds. The third kappa shape index (κ3) is 4.15. The first kappa shape index (κ1) is 15.2. The topological polar surface area (TPSA) is 68.0 Å². The van der Waals surface area contributed by atoms with E-state index in [2.05, 4.69) is 15.5 Å². The van der Waals surface area contributed by atoms with E-state index in [4.69, 9.17) is 4.52 Å². The molecule has 2 aromatic rings. The lowest BCUT2D eigenvalue weighted by Crippen LogP contribution is -2.27. The van der Waals surface area contributed by atoms with Gasteiger partial charge in [-0.25, -0.2) is 0 Å². The third-order valence-electron chi connectivity index (χ3n) is 3.06. The average molecular weight is 287 g/mol. The van der Waals surface area contributed by atoms with E-state index in [9.17, 15) is 4.79 Å². The second-order valence-corrected chi connectivity index (χ2v) is 5.71. The normalized spacial score (nSPS) is 12.4. The summed E-state index contributed by atoms with van der Waals surface area (Å²) >= 11 is 0. The molecule has 1 aromatic carbocycles. The Kier molecular flexibility index (Phi) is 4.73. The van der Waals surface area contributed by atoms with Crippen LogP contribution in [0.2, 0.25) is 0 Å². The molecule has 0 saturated carbocycles. The molecule has 0 bridgehead atoms. The highest BCUT2D eigenvalue weighted by Crippen LogP contribution is 2.19. The van der Waals surface area contributed by atoms with Gasteiger partial charge in [-0.05, 0) is 25.8 Å². The van der Waals surface area contributed by atoms with Crippen molar-refractivity contribution in [3.8, 4) is 11.4 Å². The van der Waals surface area contributed by atoms with Crippen molar-refractivity contribution in [2.75, 3.05) is 0 Å². The summed E-state index contributed by atoms with van der Waals surface area (Å²) in [6.45, 7) is 7.87. The van der Waals surface area contributed by atoms with Crippen molar-refractivity contribution in [1.29, 1.82) is 0 Å². The summed E-state index contributed by atoms with van der Waals surface area (Å²) in [7, 11) is 0. The highest BCUT2D eigenvalue weighted by Gasteiger charge is 2.17. The molecule has 0 saturated heterocycles. The Balaban J connectivity index is 2.07. The van der Waals surface area contributed by atoms with E-state index in [1.54, 1.807) is 0 Å². The summed E-state index contributed by atoms with van der Waals surface area (Å²) in [5, 5.41) is 6.85. The first-order valence-corrected chi connectivity index (χ1v) is 7.15. The highest BCUT2D eigenvalue weighted by molar-refractivity contribution is 5.76. The predicted molar refractivity (Wildman–Crippen MR) is 80.5 cm³/mol. The molecule has 0 aliphatic rings. The lowest BCUT2D eigenvalue weighted by atomic mass is 10.1. The second-order valence-electron chi connectivity index (χ2n) is 5.71. The van der Waals surface area contributed by atoms with Gasteiger partial charge in [0, 0.05) is 12.0 Å². The number of aromatic nitrogens is 2. The highest BCUT2D eigenvalue weighted by atomic mass is 16.5. The van der Waals surface area contributed by atoms with Crippen LogP contribution in [-0.4, -0.2) is 16.0 Å². The maximum absolute atomic E-state index is 11.8. The Labute approximate surface area is 124 Å². The number of nitrogens with zero attached hydrogens (tertiary/aromatic N) is 2. The fourth-order valence-electron chi connectivity index (χ4n) is 2.05. The van der Waals surface area contributed by atoms with E-state index in [-0.39, 0.29) is 11.9 Å². The average Bonchev–Trinajstić information content (AvgIpc) is 2.87. The molecule has 112 valence electrons. The minimum atomic E-state index is -0.290. The fraction of sp³-hybridized carbons (Fsp3) is 0.438. The van der Waals surface area contributed by atoms with E-state index < -0.39 is 0 Å². The number of rotatable bonds is 5. The standard InChI is InChI=1S/C16H21N3O2/c1-10(2)8-14(20)17-12(4)16-18-15(19-21-16)13-7-5-6-11(3)9-13/h5-7,9-10,12H,8H2,1-4H3,(H,17,20). The van der Waals surface area contributed by atoms with Crippen LogP contribution in [0.3, 0.4) is 0 Å². The molecule has 1 atom stereocenters. The van der Waals surface area contributed by atoms with Crippen molar-refractivity contribution >= 4 is 5.91 Å². The molecule has 0 radical (unpaired) electrons. The van der Waals surface area contributed by atoms with Crippen LogP contribution in [0.4, 0.5) is 0 Å². The van der Waals surface area contributed by atoms with Gasteiger partial charge >= 0.3 is 0 Å². The van der Waals surface area contributed by atoms with Crippen LogP contribution in [0, 0.1) is 12.8 Å². The number of aryl methyl sites for hydroxylation is 1. The summed E-state index contributed by atoms with van der Waals surface area (Å²) in [6, 6.07) is 7.61. The maximum Gasteiger partial charge on any atom is 0.249 e. The van der Waals surface area contributed by atoms with Crippen LogP contribution in [-0.2, 0) is 4.79 Å². The van der Waals surface area contributed by atoms with Crippen molar-refractivity contribution in [2.45, 2.75) is 40.2 Å². The summed E-state index contributed by atoms with van der Waals surface area (Å²) in [4.78, 5) is 16.1. The second kappa shape index (κ2) is 6.52. The fourth-order valence-corrected chi connectivity index (χ4v) is 2.05. The molecule has 0 aliphatic carbocycles. The van der Waals surface area contributed by atoms with Crippen LogP contribution >= 0.6 is 0 Å². The monoisotopic (exact) mass is 287 g/mol. The number of carbonyl (C=O) groups excluding carboxylic acids is 1. The maximum atomic E-state index is 11.8. The molecule has 0 aliphatic heterocycles. The van der Waals surface area contributed by atoms with Crippen molar-refractivity contribution in [3.63, 3.8) is 0 Å². The van der Waals surface area contributed by atoms with Crippen molar-refractivity contribution < 1.29 is 9.32 Å². The van der Waals surface area contributed by atoms with Crippen molar-refractivity contribution in [3.05, 3.63) is 35.7 Å². The van der Waals surface area contributed by atoms with E-state index in [0.29, 0.717) is 24.1 Å². The molecule has 21 heavy (non-hydrogen) atoms. The van der Waals surface area contributed by atoms with E-state index in [1.165, 1.54) is 0 Å². The smallest absolute Gasteiger partial charge is 0.249 e. The summed E-state index contributed by atoms with van der Waals surface area (Å²) < 4.78 is 5.25. The Hall–Kier alpha value is -2.17. The first-order valence-electron chi connectivity index (χ1n) is 7.15. The summed E-state index contributed by atoms with van der Waals surface area (Å²) in [5.74, 6) is 1.28. The molecule has 2 rings (SSSR count). The Morgan fingerprint density at radius 1 is 1.33 bits per heavy atom. The van der Waals surface area contributed by atoms with Crippen LogP contribution in [0.25, 0.3) is 11.4 Å². The van der Waals surface area contributed by atoms with Gasteiger partial charge in [-0.1, -0.05) is 42.8 Å². The Morgan fingerprint density at radius 3 is 2.76 bits per heavy atom. The number of nitrogens with one attached hydrogen (secondary N) is 1. The predicted octanol–water partition coefficient (Wildman–Crippen LogP) is 3.27. The molecule has 0 spiro atoms. The largest absolute Gasteiger partial charge is 0.345 e. The minimum Gasteiger partial charge on any atom is -0.345 e. The molecule has 0 fully saturated rings. The Bertz CT molecular complexity index is 619. The SMILES string of the molecule is Cc1cccc(-c2noc(C(C)NC(=O)CC(C)C)n2)c1. The molecule has 1 N–H and O–H groups in total. The number of carbonyl (C=O) groups is 1. The summed E-state index contributed by atoms with van der Waals surface area (Å²) in [6.07, 6.45) is 0.489. The zero-order valence-corrected chi connectivity index (χ0v) is 12.9. The summed E-state index contributed by atoms with van der Waals surface area (Å²) in [5.41, 5.74) is 2.04. The quantitative estimate of drug-likeness (QED) is 0.916. The minimum absolute atomic E-state index is 0.00666. The molecule has 1 heterocycles. The van der Waals surface area contributed by atoms with E-state index >= 15 is 0 Å². The molecular formula is C16H21N3O2. The van der Waals surface area contributed by atoms with Crippen LogP contribution < -0.4 is 5.32 Å². The lowest BCUT2D eigenvalue weighted by Gasteiger charge is -2.10. The lowest BCUT2D eigenvalue weighted by molar-refractivity contribution is -0.122. The van der Waals surface area contributed by atoms with Gasteiger partial charge in [0.1, 0.15) is 6.04 Å². The molecule has 1 unspecified atom stereocenters. The van der Waals surface area contributed by atoms with Crippen LogP contribution in [0.5, 0.6) is 0 Å². The van der Waals surface area contributed by atoms with Crippen molar-refractivity contribution in [1.82, 2.24) is 15.5 Å². The number of amides is 1. The molecule has 5 heteroatoms. The van der Waals surface area contributed by atoms with Gasteiger partial charge in [0.05, 0.1) is 0 Å². The molecular weight excluding hydrogens is 266 g/mol. The Morgan fingerprint density at radius 2 is 2.10 bits per heavy atom. The number of hydrogen-bond acceptors (Lipinski definition) is 4. The van der Waals surface area contributed by atoms with Gasteiger partial charge in [-0.15, -0.1) is 0 Å². The van der Waals surface area contributed by atoms with Gasteiger partial charge in [0.15, 0.2) is 0 Å². The van der Waals surface area contributed by atoms with E-state index in [1.807, 2.05) is 52.0 Å². The first-order chi connectivity index (χ1) is 9.95. The van der Waals surface area contributed by atoms with Gasteiger partial charge in [0.2, 0.25) is 17.6 Å². The zero-order valence-electron chi connectivity index (χ0n) is 12.9. The van der Waals surface area contributed by atoms with Crippen LogP contribution in [0.15, 0.2) is 28.8 Å². The third-order valence-corrected chi connectivity index (χ3v) is 3.06. The molecule has 5 nitrogen and oxygen atoms in total. The zero-order chi connectivity index (χ0) is 15.4. The van der Waals surface area contributed by atoms with Gasteiger partial charge in [-0.2, -0.15) is 4.98 Å².